The van der Waals surface area contributed by atoms with E-state index in [9.17, 15) is 14.4 Å². The van der Waals surface area contributed by atoms with Crippen molar-refractivity contribution in [3.05, 3.63) is 64.4 Å². The smallest absolute Gasteiger partial charge is 0.322 e. The van der Waals surface area contributed by atoms with Crippen LogP contribution in [0.4, 0.5) is 0 Å². The Labute approximate surface area is 123 Å². The average molecular weight is 303 g/mol. The summed E-state index contributed by atoms with van der Waals surface area (Å²) in [5.74, 6) is -2.37. The van der Waals surface area contributed by atoms with Crippen LogP contribution >= 0.6 is 11.6 Å². The van der Waals surface area contributed by atoms with Gasteiger partial charge in [-0.1, -0.05) is 28.8 Å². The van der Waals surface area contributed by atoms with E-state index in [0.717, 1.165) is 0 Å². The van der Waals surface area contributed by atoms with Crippen molar-refractivity contribution in [2.24, 2.45) is 0 Å². The number of fused-ring (bicyclic) bond motifs is 1. The normalized spacial score (nSPS) is 13.3. The van der Waals surface area contributed by atoms with Crippen molar-refractivity contribution >= 4 is 29.4 Å². The van der Waals surface area contributed by atoms with Gasteiger partial charge in [-0.15, -0.1) is 0 Å². The predicted octanol–water partition coefficient (Wildman–Crippen LogP) is 2.10. The summed E-state index contributed by atoms with van der Waals surface area (Å²) in [4.78, 5) is 44.6. The fraction of sp³-hybridized carbons (Fsp3) is 0. The lowest BCUT2D eigenvalue weighted by Crippen LogP contribution is -2.33. The van der Waals surface area contributed by atoms with Crippen molar-refractivity contribution in [1.29, 1.82) is 0 Å². The Morgan fingerprint density at radius 2 is 1.67 bits per heavy atom. The monoisotopic (exact) mass is 302 g/mol. The highest BCUT2D eigenvalue weighted by molar-refractivity contribution is 6.33. The molecule has 0 saturated carbocycles. The molecule has 104 valence electrons. The van der Waals surface area contributed by atoms with Gasteiger partial charge in [0, 0.05) is 6.20 Å². The summed E-state index contributed by atoms with van der Waals surface area (Å²) in [6, 6.07) is 9.19. The molecule has 0 bridgehead atoms. The standard InChI is InChI=1S/C14H7ClN2O4/c15-10-6-3-7-16-11(10)14(20)21-17-12(18)8-4-1-2-5-9(8)13(17)19/h1-7H. The molecule has 0 saturated heterocycles. The van der Waals surface area contributed by atoms with Crippen molar-refractivity contribution in [2.45, 2.75) is 0 Å². The Morgan fingerprint density at radius 3 is 2.24 bits per heavy atom. The maximum Gasteiger partial charge on any atom is 0.383 e. The first-order chi connectivity index (χ1) is 10.1. The fourth-order valence-corrected chi connectivity index (χ4v) is 2.11. The molecule has 2 amide bonds. The summed E-state index contributed by atoms with van der Waals surface area (Å²) in [6.45, 7) is 0. The third-order valence-electron chi connectivity index (χ3n) is 2.88. The molecule has 1 aliphatic rings. The van der Waals surface area contributed by atoms with Crippen LogP contribution in [0, 0.1) is 0 Å². The van der Waals surface area contributed by atoms with Gasteiger partial charge in [-0.05, 0) is 24.3 Å². The maximum atomic E-state index is 12.0. The molecule has 1 aromatic carbocycles. The Balaban J connectivity index is 1.88. The second-order valence-corrected chi connectivity index (χ2v) is 4.57. The molecule has 21 heavy (non-hydrogen) atoms. The average Bonchev–Trinajstić information content (AvgIpc) is 2.73. The van der Waals surface area contributed by atoms with Crippen LogP contribution in [0.5, 0.6) is 0 Å². The summed E-state index contributed by atoms with van der Waals surface area (Å²) >= 11 is 5.81. The molecule has 1 aromatic heterocycles. The van der Waals surface area contributed by atoms with E-state index in [1.54, 1.807) is 18.2 Å². The van der Waals surface area contributed by atoms with Gasteiger partial charge in [0.2, 0.25) is 0 Å². The molecule has 3 rings (SSSR count). The van der Waals surface area contributed by atoms with Crippen LogP contribution in [-0.2, 0) is 4.84 Å². The number of hydrogen-bond acceptors (Lipinski definition) is 5. The lowest BCUT2D eigenvalue weighted by molar-refractivity contribution is -0.0588. The van der Waals surface area contributed by atoms with Gasteiger partial charge in [0.15, 0.2) is 5.69 Å². The Hall–Kier alpha value is -2.73. The number of aromatic nitrogens is 1. The number of carbonyl (C=O) groups excluding carboxylic acids is 3. The first-order valence-electron chi connectivity index (χ1n) is 5.90. The van der Waals surface area contributed by atoms with Gasteiger partial charge < -0.3 is 4.84 Å². The highest BCUT2D eigenvalue weighted by Gasteiger charge is 2.39. The molecular weight excluding hydrogens is 296 g/mol. The Morgan fingerprint density at radius 1 is 1.05 bits per heavy atom. The third-order valence-corrected chi connectivity index (χ3v) is 3.19. The quantitative estimate of drug-likeness (QED) is 0.794. The summed E-state index contributed by atoms with van der Waals surface area (Å²) in [5, 5.41) is 0.483. The summed E-state index contributed by atoms with van der Waals surface area (Å²) in [7, 11) is 0. The molecule has 0 spiro atoms. The van der Waals surface area contributed by atoms with Crippen molar-refractivity contribution in [2.75, 3.05) is 0 Å². The molecule has 0 unspecified atom stereocenters. The number of hydroxylamine groups is 2. The van der Waals surface area contributed by atoms with E-state index >= 15 is 0 Å². The largest absolute Gasteiger partial charge is 0.383 e. The second-order valence-electron chi connectivity index (χ2n) is 4.16. The number of carbonyl (C=O) groups is 3. The molecule has 0 N–H and O–H groups in total. The van der Waals surface area contributed by atoms with E-state index in [2.05, 4.69) is 4.98 Å². The van der Waals surface area contributed by atoms with Crippen LogP contribution in [-0.4, -0.2) is 27.8 Å². The van der Waals surface area contributed by atoms with Crippen LogP contribution in [0.1, 0.15) is 31.2 Å². The predicted molar refractivity (Wildman–Crippen MR) is 71.6 cm³/mol. The SMILES string of the molecule is O=C(ON1C(=O)c2ccccc2C1=O)c1ncccc1Cl. The van der Waals surface area contributed by atoms with E-state index in [-0.39, 0.29) is 21.8 Å². The van der Waals surface area contributed by atoms with Gasteiger partial charge in [0.1, 0.15) is 0 Å². The van der Waals surface area contributed by atoms with E-state index in [1.165, 1.54) is 24.4 Å². The molecule has 0 atom stereocenters. The molecule has 0 radical (unpaired) electrons. The van der Waals surface area contributed by atoms with Crippen LogP contribution in [0.3, 0.4) is 0 Å². The molecule has 7 heteroatoms. The van der Waals surface area contributed by atoms with Gasteiger partial charge in [-0.3, -0.25) is 9.59 Å². The van der Waals surface area contributed by atoms with Gasteiger partial charge >= 0.3 is 5.97 Å². The summed E-state index contributed by atoms with van der Waals surface area (Å²) in [5.41, 5.74) is 0.195. The minimum Gasteiger partial charge on any atom is -0.322 e. The zero-order valence-corrected chi connectivity index (χ0v) is 11.2. The molecule has 6 nitrogen and oxygen atoms in total. The number of halogens is 1. The number of nitrogens with zero attached hydrogens (tertiary/aromatic N) is 2. The molecule has 2 aromatic rings. The molecule has 2 heterocycles. The van der Waals surface area contributed by atoms with Gasteiger partial charge in [-0.2, -0.15) is 0 Å². The lowest BCUT2D eigenvalue weighted by Gasteiger charge is -2.12. The van der Waals surface area contributed by atoms with Crippen LogP contribution in [0.25, 0.3) is 0 Å². The zero-order chi connectivity index (χ0) is 15.0. The third kappa shape index (κ3) is 2.15. The fourth-order valence-electron chi connectivity index (χ4n) is 1.91. The molecule has 1 aliphatic heterocycles. The number of pyridine rings is 1. The number of benzene rings is 1. The molecular formula is C14H7ClN2O4. The van der Waals surface area contributed by atoms with Gasteiger partial charge in [0.05, 0.1) is 16.1 Å². The van der Waals surface area contributed by atoms with Crippen molar-refractivity contribution in [3.63, 3.8) is 0 Å². The second kappa shape index (κ2) is 4.99. The summed E-state index contributed by atoms with van der Waals surface area (Å²) in [6.07, 6.45) is 1.35. The first-order valence-corrected chi connectivity index (χ1v) is 6.28. The molecule has 0 aliphatic carbocycles. The van der Waals surface area contributed by atoms with E-state index < -0.39 is 17.8 Å². The zero-order valence-electron chi connectivity index (χ0n) is 10.4. The van der Waals surface area contributed by atoms with E-state index in [4.69, 9.17) is 16.4 Å². The number of imide groups is 1. The maximum absolute atomic E-state index is 12.0. The minimum absolute atomic E-state index is 0.0686. The van der Waals surface area contributed by atoms with Crippen molar-refractivity contribution in [3.8, 4) is 0 Å². The van der Waals surface area contributed by atoms with Gasteiger partial charge in [-0.25, -0.2) is 9.78 Å². The minimum atomic E-state index is -0.977. The van der Waals surface area contributed by atoms with E-state index in [0.29, 0.717) is 5.06 Å². The Bertz CT molecular complexity index is 740. The van der Waals surface area contributed by atoms with Crippen molar-refractivity contribution < 1.29 is 19.2 Å². The highest BCUT2D eigenvalue weighted by atomic mass is 35.5. The topological polar surface area (TPSA) is 76.6 Å². The van der Waals surface area contributed by atoms with Crippen LogP contribution in [0.15, 0.2) is 42.6 Å². The number of hydrogen-bond donors (Lipinski definition) is 0. The highest BCUT2D eigenvalue weighted by Crippen LogP contribution is 2.24. The van der Waals surface area contributed by atoms with Gasteiger partial charge in [0.25, 0.3) is 11.8 Å². The van der Waals surface area contributed by atoms with E-state index in [1.807, 2.05) is 0 Å². The summed E-state index contributed by atoms with van der Waals surface area (Å²) < 4.78 is 0. The molecule has 0 fully saturated rings. The first kappa shape index (κ1) is 13.3. The number of rotatable bonds is 2. The van der Waals surface area contributed by atoms with Crippen LogP contribution < -0.4 is 0 Å². The van der Waals surface area contributed by atoms with Crippen LogP contribution in [0.2, 0.25) is 5.02 Å². The lowest BCUT2D eigenvalue weighted by atomic mass is 10.1. The van der Waals surface area contributed by atoms with Crippen molar-refractivity contribution in [1.82, 2.24) is 10.0 Å². The Kier molecular flexibility index (Phi) is 3.15. The number of amides is 2.